The van der Waals surface area contributed by atoms with Crippen LogP contribution >= 0.6 is 0 Å². The van der Waals surface area contributed by atoms with E-state index in [2.05, 4.69) is 10.3 Å². The predicted octanol–water partition coefficient (Wildman–Crippen LogP) is 3.08. The van der Waals surface area contributed by atoms with E-state index in [0.29, 0.717) is 42.1 Å². The quantitative estimate of drug-likeness (QED) is 0.719. The average molecular weight is 483 g/mol. The Morgan fingerprint density at radius 2 is 1.89 bits per heavy atom. The van der Waals surface area contributed by atoms with Crippen molar-refractivity contribution in [3.63, 3.8) is 0 Å². The van der Waals surface area contributed by atoms with Gasteiger partial charge in [-0.05, 0) is 37.3 Å². The van der Waals surface area contributed by atoms with E-state index in [9.17, 15) is 14.4 Å². The maximum absolute atomic E-state index is 13.4. The van der Waals surface area contributed by atoms with Gasteiger partial charge in [0.1, 0.15) is 12.4 Å². The zero-order chi connectivity index (χ0) is 25.5. The highest BCUT2D eigenvalue weighted by molar-refractivity contribution is 5.99. The van der Waals surface area contributed by atoms with E-state index in [1.54, 1.807) is 73.6 Å². The molecule has 2 aromatic rings. The minimum Gasteiger partial charge on any atom is -0.491 e. The van der Waals surface area contributed by atoms with Crippen LogP contribution < -0.4 is 10.1 Å². The second kappa shape index (κ2) is 11.8. The number of pyridine rings is 1. The first-order valence-electron chi connectivity index (χ1n) is 11.8. The Morgan fingerprint density at radius 3 is 2.54 bits per heavy atom. The van der Waals surface area contributed by atoms with Gasteiger partial charge in [0.15, 0.2) is 0 Å². The molecule has 1 aliphatic heterocycles. The van der Waals surface area contributed by atoms with Gasteiger partial charge in [-0.2, -0.15) is 0 Å². The predicted molar refractivity (Wildman–Crippen MR) is 133 cm³/mol. The number of carbonyl (C=O) groups is 3. The standard InChI is InChI=1S/C26H34N4O5/c1-6-24(31)28-20-7-8-22-21(13-20)26(33)29(4)15-23(34-5)17(2)14-30(18(3)16-35-22)25(32)19-9-11-27-12-10-19/h7-13,17-18,23H,6,14-16H2,1-5H3,(H,28,31)/t17-,18+,23-/m1/s1. The van der Waals surface area contributed by atoms with Gasteiger partial charge in [-0.25, -0.2) is 0 Å². The number of benzene rings is 1. The second-order valence-corrected chi connectivity index (χ2v) is 8.90. The van der Waals surface area contributed by atoms with Crippen molar-refractivity contribution >= 4 is 23.4 Å². The SMILES string of the molecule is CCC(=O)Nc1ccc2c(c1)C(=O)N(C)C[C@@H](OC)[C@H](C)CN(C(=O)c1ccncc1)[C@@H](C)CO2. The highest BCUT2D eigenvalue weighted by Gasteiger charge is 2.31. The third-order valence-corrected chi connectivity index (χ3v) is 6.24. The van der Waals surface area contributed by atoms with Crippen molar-refractivity contribution in [2.24, 2.45) is 5.92 Å². The molecule has 1 aromatic carbocycles. The average Bonchev–Trinajstić information content (AvgIpc) is 2.88. The lowest BCUT2D eigenvalue weighted by Gasteiger charge is -2.36. The topological polar surface area (TPSA) is 101 Å². The number of amides is 3. The Kier molecular flexibility index (Phi) is 8.81. The maximum Gasteiger partial charge on any atom is 0.257 e. The Morgan fingerprint density at radius 1 is 1.17 bits per heavy atom. The lowest BCUT2D eigenvalue weighted by Crippen LogP contribution is -2.48. The van der Waals surface area contributed by atoms with Crippen LogP contribution in [0.15, 0.2) is 42.7 Å². The number of nitrogens with zero attached hydrogens (tertiary/aromatic N) is 3. The largest absolute Gasteiger partial charge is 0.491 e. The van der Waals surface area contributed by atoms with Crippen molar-refractivity contribution in [3.05, 3.63) is 53.9 Å². The van der Waals surface area contributed by atoms with Crippen molar-refractivity contribution in [1.29, 1.82) is 0 Å². The Balaban J connectivity index is 1.98. The van der Waals surface area contributed by atoms with Gasteiger partial charge in [-0.1, -0.05) is 13.8 Å². The van der Waals surface area contributed by atoms with Gasteiger partial charge < -0.3 is 24.6 Å². The molecule has 0 aliphatic carbocycles. The highest BCUT2D eigenvalue weighted by Crippen LogP contribution is 2.27. The molecule has 3 atom stereocenters. The van der Waals surface area contributed by atoms with Crippen molar-refractivity contribution < 1.29 is 23.9 Å². The van der Waals surface area contributed by atoms with Crippen LogP contribution in [0.4, 0.5) is 5.69 Å². The van der Waals surface area contributed by atoms with E-state index in [4.69, 9.17) is 9.47 Å². The third kappa shape index (κ3) is 6.36. The fourth-order valence-corrected chi connectivity index (χ4v) is 4.05. The number of nitrogens with one attached hydrogen (secondary N) is 1. The van der Waals surface area contributed by atoms with Gasteiger partial charge >= 0.3 is 0 Å². The Hall–Kier alpha value is -3.46. The van der Waals surface area contributed by atoms with Crippen molar-refractivity contribution in [2.75, 3.05) is 39.2 Å². The molecule has 0 unspecified atom stereocenters. The fourth-order valence-electron chi connectivity index (χ4n) is 4.05. The molecule has 3 rings (SSSR count). The maximum atomic E-state index is 13.4. The summed E-state index contributed by atoms with van der Waals surface area (Å²) in [5.41, 5.74) is 1.40. The van der Waals surface area contributed by atoms with Crippen LogP contribution in [0.2, 0.25) is 0 Å². The fraction of sp³-hybridized carbons (Fsp3) is 0.462. The summed E-state index contributed by atoms with van der Waals surface area (Å²) >= 11 is 0. The summed E-state index contributed by atoms with van der Waals surface area (Å²) in [6.45, 7) is 6.63. The van der Waals surface area contributed by atoms with Crippen LogP contribution in [0.5, 0.6) is 5.75 Å². The van der Waals surface area contributed by atoms with Gasteiger partial charge in [0.05, 0.1) is 17.7 Å². The van der Waals surface area contributed by atoms with E-state index in [0.717, 1.165) is 0 Å². The number of aromatic nitrogens is 1. The van der Waals surface area contributed by atoms with Crippen LogP contribution in [0.3, 0.4) is 0 Å². The monoisotopic (exact) mass is 482 g/mol. The number of carbonyl (C=O) groups excluding carboxylic acids is 3. The zero-order valence-corrected chi connectivity index (χ0v) is 21.0. The molecule has 0 saturated heterocycles. The van der Waals surface area contributed by atoms with E-state index in [1.807, 2.05) is 13.8 Å². The van der Waals surface area contributed by atoms with E-state index < -0.39 is 0 Å². The summed E-state index contributed by atoms with van der Waals surface area (Å²) in [7, 11) is 3.32. The number of hydrogen-bond acceptors (Lipinski definition) is 6. The van der Waals surface area contributed by atoms with Gasteiger partial charge in [-0.15, -0.1) is 0 Å². The minimum absolute atomic E-state index is 0.0578. The molecular formula is C26H34N4O5. The molecule has 0 bridgehead atoms. The highest BCUT2D eigenvalue weighted by atomic mass is 16.5. The Labute approximate surface area is 206 Å². The van der Waals surface area contributed by atoms with Crippen LogP contribution in [0.25, 0.3) is 0 Å². The summed E-state index contributed by atoms with van der Waals surface area (Å²) in [4.78, 5) is 46.0. The molecule has 188 valence electrons. The summed E-state index contributed by atoms with van der Waals surface area (Å²) < 4.78 is 11.8. The third-order valence-electron chi connectivity index (χ3n) is 6.24. The summed E-state index contributed by atoms with van der Waals surface area (Å²) in [6.07, 6.45) is 3.22. The number of likely N-dealkylation sites (N-methyl/N-ethyl adjacent to an activating group) is 1. The molecule has 0 fully saturated rings. The van der Waals surface area contributed by atoms with Crippen LogP contribution in [0.1, 0.15) is 47.9 Å². The lowest BCUT2D eigenvalue weighted by molar-refractivity contribution is -0.115. The van der Waals surface area contributed by atoms with Gasteiger partial charge in [0.2, 0.25) is 5.91 Å². The number of rotatable bonds is 4. The molecule has 9 nitrogen and oxygen atoms in total. The van der Waals surface area contributed by atoms with Gasteiger partial charge in [0, 0.05) is 63.2 Å². The van der Waals surface area contributed by atoms with Crippen LogP contribution in [0, 0.1) is 5.92 Å². The van der Waals surface area contributed by atoms with E-state index in [1.165, 1.54) is 0 Å². The number of methoxy groups -OCH3 is 1. The number of fused-ring (bicyclic) bond motifs is 1. The van der Waals surface area contributed by atoms with Crippen molar-refractivity contribution in [1.82, 2.24) is 14.8 Å². The zero-order valence-electron chi connectivity index (χ0n) is 21.0. The molecule has 0 spiro atoms. The molecular weight excluding hydrogens is 448 g/mol. The molecule has 0 saturated carbocycles. The van der Waals surface area contributed by atoms with E-state index >= 15 is 0 Å². The first-order valence-corrected chi connectivity index (χ1v) is 11.8. The first-order chi connectivity index (χ1) is 16.7. The molecule has 1 aromatic heterocycles. The molecule has 1 aliphatic rings. The Bertz CT molecular complexity index is 1050. The normalized spacial score (nSPS) is 21.3. The molecule has 2 heterocycles. The summed E-state index contributed by atoms with van der Waals surface area (Å²) in [5.74, 6) is -0.170. The molecule has 35 heavy (non-hydrogen) atoms. The van der Waals surface area contributed by atoms with Gasteiger partial charge in [-0.3, -0.25) is 19.4 Å². The van der Waals surface area contributed by atoms with Crippen molar-refractivity contribution in [3.8, 4) is 5.75 Å². The molecule has 1 N–H and O–H groups in total. The molecule has 3 amide bonds. The summed E-state index contributed by atoms with van der Waals surface area (Å²) in [5, 5.41) is 2.79. The van der Waals surface area contributed by atoms with Crippen LogP contribution in [-0.4, -0.2) is 78.5 Å². The van der Waals surface area contributed by atoms with E-state index in [-0.39, 0.29) is 42.4 Å². The smallest absolute Gasteiger partial charge is 0.257 e. The molecule has 9 heteroatoms. The lowest BCUT2D eigenvalue weighted by atomic mass is 10.0. The van der Waals surface area contributed by atoms with Crippen LogP contribution in [-0.2, 0) is 9.53 Å². The minimum atomic E-state index is -0.296. The first kappa shape index (κ1) is 26.2. The summed E-state index contributed by atoms with van der Waals surface area (Å²) in [6, 6.07) is 8.11. The van der Waals surface area contributed by atoms with Crippen molar-refractivity contribution in [2.45, 2.75) is 39.3 Å². The van der Waals surface area contributed by atoms with Gasteiger partial charge in [0.25, 0.3) is 11.8 Å². The second-order valence-electron chi connectivity index (χ2n) is 8.90. The molecule has 0 radical (unpaired) electrons. The number of hydrogen-bond donors (Lipinski definition) is 1. The number of anilines is 1. The number of ether oxygens (including phenoxy) is 2.